The van der Waals surface area contributed by atoms with E-state index in [9.17, 15) is 20.0 Å². The van der Waals surface area contributed by atoms with Gasteiger partial charge in [-0.2, -0.15) is 0 Å². The van der Waals surface area contributed by atoms with Crippen LogP contribution >= 0.6 is 0 Å². The number of nitrogens with one attached hydrogen (secondary N) is 1. The molecular formula is C14H21N3O4. The molecule has 0 unspecified atom stereocenters. The highest BCUT2D eigenvalue weighted by Gasteiger charge is 2.24. The lowest BCUT2D eigenvalue weighted by molar-refractivity contribution is -0.384. The Hall–Kier alpha value is -1.89. The number of aromatic nitrogens is 1. The summed E-state index contributed by atoms with van der Waals surface area (Å²) < 4.78 is 1.63. The molecule has 0 aliphatic heterocycles. The van der Waals surface area contributed by atoms with Crippen molar-refractivity contribution in [3.05, 3.63) is 28.1 Å². The van der Waals surface area contributed by atoms with Crippen molar-refractivity contribution in [1.82, 2.24) is 9.88 Å². The van der Waals surface area contributed by atoms with Crippen LogP contribution < -0.4 is 5.32 Å². The van der Waals surface area contributed by atoms with Crippen LogP contribution in [-0.2, 0) is 6.54 Å². The summed E-state index contributed by atoms with van der Waals surface area (Å²) in [6.07, 6.45) is 4.77. The van der Waals surface area contributed by atoms with Gasteiger partial charge in [-0.05, 0) is 32.1 Å². The average molecular weight is 295 g/mol. The average Bonchev–Trinajstić information content (AvgIpc) is 2.86. The lowest BCUT2D eigenvalue weighted by atomic mass is 9.93. The van der Waals surface area contributed by atoms with Gasteiger partial charge >= 0.3 is 0 Å². The van der Waals surface area contributed by atoms with Crippen LogP contribution in [0.4, 0.5) is 5.69 Å². The normalized spacial score (nSPS) is 22.0. The first kappa shape index (κ1) is 15.5. The minimum absolute atomic E-state index is 0.0323. The number of carbonyl (C=O) groups is 1. The standard InChI is InChI=1S/C14H21N3O4/c1-2-7-16-9-11(17(20)21)8-13(16)14(19)15-10-3-5-12(18)6-4-10/h8-10,12,18H,2-7H2,1H3,(H,15,19). The second kappa shape index (κ2) is 6.71. The second-order valence-corrected chi connectivity index (χ2v) is 5.51. The molecule has 1 aliphatic rings. The zero-order chi connectivity index (χ0) is 15.4. The lowest BCUT2D eigenvalue weighted by Gasteiger charge is -2.26. The molecule has 0 saturated heterocycles. The largest absolute Gasteiger partial charge is 0.393 e. The molecule has 0 aromatic carbocycles. The van der Waals surface area contributed by atoms with Crippen molar-refractivity contribution < 1.29 is 14.8 Å². The first-order chi connectivity index (χ1) is 10.0. The predicted octanol–water partition coefficient (Wildman–Crippen LogP) is 1.84. The number of aliphatic hydroxyl groups is 1. The number of rotatable bonds is 5. The zero-order valence-corrected chi connectivity index (χ0v) is 12.1. The Kier molecular flexibility index (Phi) is 4.95. The summed E-state index contributed by atoms with van der Waals surface area (Å²) in [5.41, 5.74) is 0.266. The number of aliphatic hydroxyl groups excluding tert-OH is 1. The van der Waals surface area contributed by atoms with Gasteiger partial charge in [-0.15, -0.1) is 0 Å². The minimum atomic E-state index is -0.486. The van der Waals surface area contributed by atoms with Crippen molar-refractivity contribution in [2.45, 2.75) is 57.7 Å². The summed E-state index contributed by atoms with van der Waals surface area (Å²) in [5, 5.41) is 23.2. The third-order valence-electron chi connectivity index (χ3n) is 3.82. The van der Waals surface area contributed by atoms with E-state index in [0.29, 0.717) is 25.1 Å². The number of nitrogens with zero attached hydrogens (tertiary/aromatic N) is 2. The molecule has 0 bridgehead atoms. The van der Waals surface area contributed by atoms with Crippen LogP contribution in [0.25, 0.3) is 0 Å². The maximum atomic E-state index is 12.3. The van der Waals surface area contributed by atoms with Gasteiger partial charge in [0.15, 0.2) is 0 Å². The van der Waals surface area contributed by atoms with E-state index in [0.717, 1.165) is 19.3 Å². The molecule has 7 nitrogen and oxygen atoms in total. The first-order valence-electron chi connectivity index (χ1n) is 7.34. The monoisotopic (exact) mass is 295 g/mol. The second-order valence-electron chi connectivity index (χ2n) is 5.51. The Balaban J connectivity index is 2.08. The van der Waals surface area contributed by atoms with Gasteiger partial charge in [0.25, 0.3) is 11.6 Å². The van der Waals surface area contributed by atoms with E-state index >= 15 is 0 Å². The maximum Gasteiger partial charge on any atom is 0.287 e. The Morgan fingerprint density at radius 3 is 2.71 bits per heavy atom. The molecule has 1 fully saturated rings. The van der Waals surface area contributed by atoms with Crippen molar-refractivity contribution in [2.75, 3.05) is 0 Å². The third-order valence-corrected chi connectivity index (χ3v) is 3.82. The lowest BCUT2D eigenvalue weighted by Crippen LogP contribution is -2.39. The molecule has 7 heteroatoms. The van der Waals surface area contributed by atoms with E-state index in [1.165, 1.54) is 12.3 Å². The quantitative estimate of drug-likeness (QED) is 0.639. The van der Waals surface area contributed by atoms with E-state index in [-0.39, 0.29) is 23.7 Å². The van der Waals surface area contributed by atoms with Gasteiger partial charge in [0.2, 0.25) is 0 Å². The third kappa shape index (κ3) is 3.81. The fourth-order valence-corrected chi connectivity index (χ4v) is 2.69. The molecule has 1 aromatic rings. The summed E-state index contributed by atoms with van der Waals surface area (Å²) in [5.74, 6) is -0.280. The van der Waals surface area contributed by atoms with Gasteiger partial charge in [0.1, 0.15) is 5.69 Å². The summed E-state index contributed by atoms with van der Waals surface area (Å²) >= 11 is 0. The smallest absolute Gasteiger partial charge is 0.287 e. The van der Waals surface area contributed by atoms with Crippen LogP contribution in [0.15, 0.2) is 12.3 Å². The van der Waals surface area contributed by atoms with Crippen LogP contribution in [0.5, 0.6) is 0 Å². The summed E-state index contributed by atoms with van der Waals surface area (Å²) in [6.45, 7) is 2.52. The zero-order valence-electron chi connectivity index (χ0n) is 12.1. The SMILES string of the molecule is CCCn1cc([N+](=O)[O-])cc1C(=O)NC1CCC(O)CC1. The number of hydrogen-bond acceptors (Lipinski definition) is 4. The van der Waals surface area contributed by atoms with E-state index in [1.807, 2.05) is 6.92 Å². The predicted molar refractivity (Wildman–Crippen MR) is 77.1 cm³/mol. The number of carbonyl (C=O) groups excluding carboxylic acids is 1. The number of amides is 1. The molecule has 1 aliphatic carbocycles. The summed E-state index contributed by atoms with van der Waals surface area (Å²) in [6, 6.07) is 1.35. The van der Waals surface area contributed by atoms with Crippen molar-refractivity contribution in [2.24, 2.45) is 0 Å². The van der Waals surface area contributed by atoms with Gasteiger partial charge in [-0.25, -0.2) is 0 Å². The van der Waals surface area contributed by atoms with Gasteiger partial charge in [-0.3, -0.25) is 14.9 Å². The van der Waals surface area contributed by atoms with E-state index in [1.54, 1.807) is 4.57 Å². The molecule has 1 aromatic heterocycles. The molecule has 116 valence electrons. The Bertz CT molecular complexity index is 518. The van der Waals surface area contributed by atoms with Crippen LogP contribution in [0, 0.1) is 10.1 Å². The minimum Gasteiger partial charge on any atom is -0.393 e. The van der Waals surface area contributed by atoms with Gasteiger partial charge in [-0.1, -0.05) is 6.92 Å². The van der Waals surface area contributed by atoms with Crippen molar-refractivity contribution in [3.8, 4) is 0 Å². The molecule has 1 amide bonds. The van der Waals surface area contributed by atoms with Crippen molar-refractivity contribution in [1.29, 1.82) is 0 Å². The highest BCUT2D eigenvalue weighted by atomic mass is 16.6. The number of nitro groups is 1. The van der Waals surface area contributed by atoms with Gasteiger partial charge < -0.3 is 15.0 Å². The molecule has 0 radical (unpaired) electrons. The Labute approximate surface area is 123 Å². The molecule has 1 heterocycles. The molecule has 2 N–H and O–H groups in total. The maximum absolute atomic E-state index is 12.3. The molecular weight excluding hydrogens is 274 g/mol. The first-order valence-corrected chi connectivity index (χ1v) is 7.34. The Morgan fingerprint density at radius 1 is 1.48 bits per heavy atom. The highest BCUT2D eigenvalue weighted by Crippen LogP contribution is 2.20. The van der Waals surface area contributed by atoms with Crippen LogP contribution in [-0.4, -0.2) is 32.6 Å². The fraction of sp³-hybridized carbons (Fsp3) is 0.643. The van der Waals surface area contributed by atoms with Crippen molar-refractivity contribution >= 4 is 11.6 Å². The van der Waals surface area contributed by atoms with E-state index in [4.69, 9.17) is 0 Å². The van der Waals surface area contributed by atoms with E-state index < -0.39 is 4.92 Å². The highest BCUT2D eigenvalue weighted by molar-refractivity contribution is 5.93. The molecule has 21 heavy (non-hydrogen) atoms. The summed E-state index contributed by atoms with van der Waals surface area (Å²) in [7, 11) is 0. The van der Waals surface area contributed by atoms with Crippen LogP contribution in [0.2, 0.25) is 0 Å². The number of hydrogen-bond donors (Lipinski definition) is 2. The van der Waals surface area contributed by atoms with Crippen molar-refractivity contribution in [3.63, 3.8) is 0 Å². The Morgan fingerprint density at radius 2 is 2.14 bits per heavy atom. The molecule has 0 spiro atoms. The molecule has 0 atom stereocenters. The topological polar surface area (TPSA) is 97.4 Å². The molecule has 2 rings (SSSR count). The molecule has 1 saturated carbocycles. The number of aryl methyl sites for hydroxylation is 1. The van der Waals surface area contributed by atoms with Crippen LogP contribution in [0.1, 0.15) is 49.5 Å². The van der Waals surface area contributed by atoms with Gasteiger partial charge in [0.05, 0.1) is 17.2 Å². The van der Waals surface area contributed by atoms with Crippen LogP contribution in [0.3, 0.4) is 0 Å². The fourth-order valence-electron chi connectivity index (χ4n) is 2.69. The van der Waals surface area contributed by atoms with Gasteiger partial charge in [0, 0.05) is 18.7 Å². The summed E-state index contributed by atoms with van der Waals surface area (Å²) in [4.78, 5) is 22.7. The van der Waals surface area contributed by atoms with E-state index in [2.05, 4.69) is 5.32 Å².